The smallest absolute Gasteiger partial charge is 0.220 e. The summed E-state index contributed by atoms with van der Waals surface area (Å²) in [6, 6.07) is 5.88. The van der Waals surface area contributed by atoms with Crippen molar-refractivity contribution in [1.82, 2.24) is 10.6 Å². The van der Waals surface area contributed by atoms with Crippen LogP contribution in [0.15, 0.2) is 22.7 Å². The van der Waals surface area contributed by atoms with E-state index in [1.54, 1.807) is 7.11 Å². The van der Waals surface area contributed by atoms with Crippen molar-refractivity contribution in [2.24, 2.45) is 0 Å². The molecule has 0 aromatic heterocycles. The van der Waals surface area contributed by atoms with Gasteiger partial charge in [-0.15, -0.1) is 0 Å². The zero-order valence-corrected chi connectivity index (χ0v) is 13.0. The molecule has 0 radical (unpaired) electrons. The molecule has 1 rings (SSSR count). The van der Waals surface area contributed by atoms with Crippen molar-refractivity contribution in [2.75, 3.05) is 26.7 Å². The fourth-order valence-electron chi connectivity index (χ4n) is 1.68. The largest absolute Gasteiger partial charge is 0.496 e. The number of hydrogen-bond donors (Lipinski definition) is 2. The van der Waals surface area contributed by atoms with Gasteiger partial charge in [-0.3, -0.25) is 4.79 Å². The van der Waals surface area contributed by atoms with Crippen molar-refractivity contribution in [3.8, 4) is 5.75 Å². The van der Waals surface area contributed by atoms with Gasteiger partial charge in [-0.25, -0.2) is 0 Å². The van der Waals surface area contributed by atoms with E-state index in [-0.39, 0.29) is 5.91 Å². The molecule has 0 spiro atoms. The van der Waals surface area contributed by atoms with Crippen molar-refractivity contribution in [1.29, 1.82) is 0 Å². The van der Waals surface area contributed by atoms with Crippen LogP contribution in [0.25, 0.3) is 0 Å². The van der Waals surface area contributed by atoms with Crippen molar-refractivity contribution in [3.63, 3.8) is 0 Å². The Hall–Kier alpha value is -1.07. The van der Waals surface area contributed by atoms with Crippen molar-refractivity contribution in [3.05, 3.63) is 28.2 Å². The standard InChI is InChI=1S/C14H21BrN2O2/c1-3-16-8-9-17-14(18)7-5-11-4-6-13(19-2)12(15)10-11/h4,6,10,16H,3,5,7-9H2,1-2H3,(H,17,18). The fourth-order valence-corrected chi connectivity index (χ4v) is 2.27. The second-order valence-corrected chi connectivity index (χ2v) is 5.03. The van der Waals surface area contributed by atoms with Gasteiger partial charge in [0.1, 0.15) is 5.75 Å². The molecule has 1 aromatic rings. The van der Waals surface area contributed by atoms with E-state index in [0.29, 0.717) is 13.0 Å². The molecule has 4 nitrogen and oxygen atoms in total. The maximum absolute atomic E-state index is 11.6. The number of nitrogens with one attached hydrogen (secondary N) is 2. The minimum atomic E-state index is 0.0878. The number of rotatable bonds is 8. The lowest BCUT2D eigenvalue weighted by atomic mass is 10.1. The van der Waals surface area contributed by atoms with Crippen LogP contribution in [-0.2, 0) is 11.2 Å². The number of amides is 1. The van der Waals surface area contributed by atoms with E-state index in [9.17, 15) is 4.79 Å². The van der Waals surface area contributed by atoms with Crippen LogP contribution < -0.4 is 15.4 Å². The Bertz CT molecular complexity index is 410. The SMILES string of the molecule is CCNCCNC(=O)CCc1ccc(OC)c(Br)c1. The molecule has 106 valence electrons. The van der Waals surface area contributed by atoms with E-state index in [4.69, 9.17) is 4.74 Å². The molecular formula is C14H21BrN2O2. The number of methoxy groups -OCH3 is 1. The van der Waals surface area contributed by atoms with E-state index < -0.39 is 0 Å². The lowest BCUT2D eigenvalue weighted by Gasteiger charge is -2.07. The number of ether oxygens (including phenoxy) is 1. The molecule has 0 saturated heterocycles. The maximum Gasteiger partial charge on any atom is 0.220 e. The van der Waals surface area contributed by atoms with Crippen LogP contribution in [0.2, 0.25) is 0 Å². The Balaban J connectivity index is 2.32. The summed E-state index contributed by atoms with van der Waals surface area (Å²) in [6.07, 6.45) is 1.24. The molecule has 0 heterocycles. The first-order valence-corrected chi connectivity index (χ1v) is 7.26. The molecule has 0 bridgehead atoms. The van der Waals surface area contributed by atoms with Crippen LogP contribution in [-0.4, -0.2) is 32.7 Å². The van der Waals surface area contributed by atoms with Gasteiger partial charge in [0.05, 0.1) is 11.6 Å². The average molecular weight is 329 g/mol. The third-order valence-electron chi connectivity index (χ3n) is 2.73. The van der Waals surface area contributed by atoms with Crippen LogP contribution in [0.1, 0.15) is 18.9 Å². The first-order valence-electron chi connectivity index (χ1n) is 6.47. The maximum atomic E-state index is 11.6. The molecule has 0 fully saturated rings. The number of hydrogen-bond acceptors (Lipinski definition) is 3. The van der Waals surface area contributed by atoms with Gasteiger partial charge in [0.15, 0.2) is 0 Å². The Kier molecular flexibility index (Phi) is 7.52. The molecule has 0 unspecified atom stereocenters. The first kappa shape index (κ1) is 16.0. The van der Waals surface area contributed by atoms with E-state index in [2.05, 4.69) is 26.6 Å². The van der Waals surface area contributed by atoms with Gasteiger partial charge in [-0.05, 0) is 46.6 Å². The molecule has 0 saturated carbocycles. The molecule has 1 amide bonds. The average Bonchev–Trinajstić information content (AvgIpc) is 2.41. The number of aryl methyl sites for hydroxylation is 1. The van der Waals surface area contributed by atoms with Crippen molar-refractivity contribution >= 4 is 21.8 Å². The summed E-state index contributed by atoms with van der Waals surface area (Å²) in [4.78, 5) is 11.6. The minimum absolute atomic E-state index is 0.0878. The normalized spacial score (nSPS) is 10.3. The molecule has 0 aliphatic rings. The molecule has 0 aliphatic carbocycles. The van der Waals surface area contributed by atoms with Crippen LogP contribution in [0.3, 0.4) is 0 Å². The molecule has 0 aliphatic heterocycles. The van der Waals surface area contributed by atoms with E-state index in [1.165, 1.54) is 0 Å². The highest BCUT2D eigenvalue weighted by atomic mass is 79.9. The van der Waals surface area contributed by atoms with Gasteiger partial charge in [-0.1, -0.05) is 13.0 Å². The highest BCUT2D eigenvalue weighted by Crippen LogP contribution is 2.25. The number of carbonyl (C=O) groups excluding carboxylic acids is 1. The van der Waals surface area contributed by atoms with Gasteiger partial charge in [0, 0.05) is 19.5 Å². The van der Waals surface area contributed by atoms with Crippen LogP contribution in [0, 0.1) is 0 Å². The van der Waals surface area contributed by atoms with E-state index in [1.807, 2.05) is 25.1 Å². The molecule has 2 N–H and O–H groups in total. The number of carbonyl (C=O) groups is 1. The van der Waals surface area contributed by atoms with Crippen LogP contribution in [0.5, 0.6) is 5.75 Å². The monoisotopic (exact) mass is 328 g/mol. The Morgan fingerprint density at radius 1 is 1.37 bits per heavy atom. The number of halogens is 1. The Morgan fingerprint density at radius 2 is 2.16 bits per heavy atom. The lowest BCUT2D eigenvalue weighted by Crippen LogP contribution is -2.31. The summed E-state index contributed by atoms with van der Waals surface area (Å²) >= 11 is 3.44. The van der Waals surface area contributed by atoms with Crippen molar-refractivity contribution < 1.29 is 9.53 Å². The van der Waals surface area contributed by atoms with Gasteiger partial charge >= 0.3 is 0 Å². The highest BCUT2D eigenvalue weighted by molar-refractivity contribution is 9.10. The predicted octanol–water partition coefficient (Wildman–Crippen LogP) is 2.12. The third kappa shape index (κ3) is 6.07. The van der Waals surface area contributed by atoms with Crippen LogP contribution >= 0.6 is 15.9 Å². The second kappa shape index (κ2) is 8.93. The number of likely N-dealkylation sites (N-methyl/N-ethyl adjacent to an activating group) is 1. The summed E-state index contributed by atoms with van der Waals surface area (Å²) in [6.45, 7) is 4.47. The second-order valence-electron chi connectivity index (χ2n) is 4.17. The summed E-state index contributed by atoms with van der Waals surface area (Å²) in [5, 5.41) is 6.05. The molecule has 1 aromatic carbocycles. The number of benzene rings is 1. The zero-order valence-electron chi connectivity index (χ0n) is 11.5. The third-order valence-corrected chi connectivity index (χ3v) is 3.35. The fraction of sp³-hybridized carbons (Fsp3) is 0.500. The summed E-state index contributed by atoms with van der Waals surface area (Å²) in [5.41, 5.74) is 1.12. The summed E-state index contributed by atoms with van der Waals surface area (Å²) < 4.78 is 6.09. The van der Waals surface area contributed by atoms with E-state index in [0.717, 1.165) is 35.3 Å². The summed E-state index contributed by atoms with van der Waals surface area (Å²) in [7, 11) is 1.64. The topological polar surface area (TPSA) is 50.4 Å². The van der Waals surface area contributed by atoms with Crippen molar-refractivity contribution in [2.45, 2.75) is 19.8 Å². The molecule has 0 atom stereocenters. The quantitative estimate of drug-likeness (QED) is 0.719. The zero-order chi connectivity index (χ0) is 14.1. The Morgan fingerprint density at radius 3 is 2.79 bits per heavy atom. The summed E-state index contributed by atoms with van der Waals surface area (Å²) in [5.74, 6) is 0.892. The van der Waals surface area contributed by atoms with Gasteiger partial charge in [0.25, 0.3) is 0 Å². The Labute approximate surface area is 123 Å². The van der Waals surface area contributed by atoms with Gasteiger partial charge in [-0.2, -0.15) is 0 Å². The predicted molar refractivity (Wildman–Crippen MR) is 80.6 cm³/mol. The van der Waals surface area contributed by atoms with Crippen LogP contribution in [0.4, 0.5) is 0 Å². The molecule has 5 heteroatoms. The molecule has 19 heavy (non-hydrogen) atoms. The first-order chi connectivity index (χ1) is 9.17. The van der Waals surface area contributed by atoms with E-state index >= 15 is 0 Å². The highest BCUT2D eigenvalue weighted by Gasteiger charge is 2.04. The minimum Gasteiger partial charge on any atom is -0.496 e. The van der Waals surface area contributed by atoms with Gasteiger partial charge < -0.3 is 15.4 Å². The van der Waals surface area contributed by atoms with Gasteiger partial charge in [0.2, 0.25) is 5.91 Å². The molecular weight excluding hydrogens is 308 g/mol. The lowest BCUT2D eigenvalue weighted by molar-refractivity contribution is -0.121.